The standard InChI is InChI=1S/C16H18O3/c1-18-14-6-4-11(5-7-14)9-13-10-12-3-2-8-19-16(12)15(13)17/h4-7,13H,2-3,8-10H2,1H3/t13-/m0/s1. The molecule has 0 unspecified atom stereocenters. The van der Waals surface area contributed by atoms with Crippen molar-refractivity contribution in [3.8, 4) is 5.75 Å². The summed E-state index contributed by atoms with van der Waals surface area (Å²) in [6.45, 7) is 0.694. The molecule has 1 atom stereocenters. The number of Topliss-reactive ketones (excluding diaryl/α,β-unsaturated/α-hetero) is 1. The quantitative estimate of drug-likeness (QED) is 0.836. The van der Waals surface area contributed by atoms with Gasteiger partial charge >= 0.3 is 0 Å². The number of ether oxygens (including phenoxy) is 2. The number of benzene rings is 1. The zero-order chi connectivity index (χ0) is 13.2. The van der Waals surface area contributed by atoms with Gasteiger partial charge < -0.3 is 9.47 Å². The molecule has 100 valence electrons. The van der Waals surface area contributed by atoms with Gasteiger partial charge in [0.2, 0.25) is 5.78 Å². The zero-order valence-corrected chi connectivity index (χ0v) is 11.1. The predicted molar refractivity (Wildman–Crippen MR) is 72.0 cm³/mol. The summed E-state index contributed by atoms with van der Waals surface area (Å²) in [5, 5.41) is 0. The number of carbonyl (C=O) groups is 1. The van der Waals surface area contributed by atoms with Crippen molar-refractivity contribution in [1.82, 2.24) is 0 Å². The number of hydrogen-bond donors (Lipinski definition) is 0. The first-order chi connectivity index (χ1) is 9.28. The lowest BCUT2D eigenvalue weighted by Crippen LogP contribution is -2.15. The molecule has 0 fully saturated rings. The first-order valence-electron chi connectivity index (χ1n) is 6.80. The molecule has 2 aliphatic rings. The third kappa shape index (κ3) is 2.37. The Morgan fingerprint density at radius 3 is 2.79 bits per heavy atom. The Kier molecular flexibility index (Phi) is 3.28. The highest BCUT2D eigenvalue weighted by molar-refractivity contribution is 5.99. The van der Waals surface area contributed by atoms with Gasteiger partial charge in [-0.05, 0) is 49.0 Å². The number of hydrogen-bond acceptors (Lipinski definition) is 3. The van der Waals surface area contributed by atoms with Crippen LogP contribution in [0, 0.1) is 5.92 Å². The van der Waals surface area contributed by atoms with E-state index in [0.717, 1.165) is 31.4 Å². The largest absolute Gasteiger partial charge is 0.497 e. The third-order valence-electron chi connectivity index (χ3n) is 3.92. The molecular formula is C16H18O3. The molecule has 0 aromatic heterocycles. The van der Waals surface area contributed by atoms with Crippen molar-refractivity contribution in [1.29, 1.82) is 0 Å². The molecule has 0 saturated carbocycles. The van der Waals surface area contributed by atoms with Crippen molar-refractivity contribution in [3.05, 3.63) is 41.2 Å². The van der Waals surface area contributed by atoms with Crippen molar-refractivity contribution in [3.63, 3.8) is 0 Å². The lowest BCUT2D eigenvalue weighted by molar-refractivity contribution is -0.121. The topological polar surface area (TPSA) is 35.5 Å². The van der Waals surface area contributed by atoms with Crippen molar-refractivity contribution in [2.24, 2.45) is 5.92 Å². The van der Waals surface area contributed by atoms with E-state index in [9.17, 15) is 4.79 Å². The van der Waals surface area contributed by atoms with Gasteiger partial charge in [-0.2, -0.15) is 0 Å². The molecule has 1 aliphatic carbocycles. The van der Waals surface area contributed by atoms with E-state index in [0.29, 0.717) is 12.4 Å². The van der Waals surface area contributed by atoms with Crippen LogP contribution in [-0.2, 0) is 16.0 Å². The van der Waals surface area contributed by atoms with Gasteiger partial charge in [0, 0.05) is 5.92 Å². The minimum absolute atomic E-state index is 0.0662. The average molecular weight is 258 g/mol. The molecule has 1 aliphatic heterocycles. The molecule has 0 spiro atoms. The average Bonchev–Trinajstić information content (AvgIpc) is 2.77. The Morgan fingerprint density at radius 1 is 1.32 bits per heavy atom. The molecule has 3 nitrogen and oxygen atoms in total. The zero-order valence-electron chi connectivity index (χ0n) is 11.1. The molecule has 0 saturated heterocycles. The second-order valence-corrected chi connectivity index (χ2v) is 5.20. The van der Waals surface area contributed by atoms with Crippen LogP contribution in [0.5, 0.6) is 5.75 Å². The van der Waals surface area contributed by atoms with E-state index >= 15 is 0 Å². The molecule has 1 aromatic carbocycles. The molecule has 0 N–H and O–H groups in total. The summed E-state index contributed by atoms with van der Waals surface area (Å²) < 4.78 is 10.7. The van der Waals surface area contributed by atoms with E-state index in [1.54, 1.807) is 7.11 Å². The van der Waals surface area contributed by atoms with Gasteiger partial charge in [-0.1, -0.05) is 12.1 Å². The van der Waals surface area contributed by atoms with Crippen LogP contribution in [0.15, 0.2) is 35.6 Å². The molecule has 1 heterocycles. The van der Waals surface area contributed by atoms with Crippen LogP contribution in [0.4, 0.5) is 0 Å². The summed E-state index contributed by atoms with van der Waals surface area (Å²) in [4.78, 5) is 12.3. The number of methoxy groups -OCH3 is 1. The van der Waals surface area contributed by atoms with Crippen molar-refractivity contribution in [2.45, 2.75) is 25.7 Å². The van der Waals surface area contributed by atoms with Gasteiger partial charge in [0.25, 0.3) is 0 Å². The fraction of sp³-hybridized carbons (Fsp3) is 0.438. The Labute approximate surface area is 113 Å². The summed E-state index contributed by atoms with van der Waals surface area (Å²) in [6, 6.07) is 7.95. The van der Waals surface area contributed by atoms with Gasteiger partial charge in [-0.25, -0.2) is 0 Å². The Morgan fingerprint density at radius 2 is 2.11 bits per heavy atom. The molecule has 0 amide bonds. The highest BCUT2D eigenvalue weighted by Crippen LogP contribution is 2.36. The van der Waals surface area contributed by atoms with Gasteiger partial charge in [0.05, 0.1) is 13.7 Å². The van der Waals surface area contributed by atoms with E-state index < -0.39 is 0 Å². The smallest absolute Gasteiger partial charge is 0.201 e. The van der Waals surface area contributed by atoms with Gasteiger partial charge in [0.1, 0.15) is 5.75 Å². The molecular weight excluding hydrogens is 240 g/mol. The molecule has 1 aromatic rings. The maximum absolute atomic E-state index is 12.3. The first-order valence-corrected chi connectivity index (χ1v) is 6.80. The first kappa shape index (κ1) is 12.3. The summed E-state index contributed by atoms with van der Waals surface area (Å²) >= 11 is 0. The van der Waals surface area contributed by atoms with Crippen LogP contribution >= 0.6 is 0 Å². The molecule has 3 heteroatoms. The summed E-state index contributed by atoms with van der Waals surface area (Å²) in [6.07, 6.45) is 3.74. The minimum atomic E-state index is 0.0662. The Balaban J connectivity index is 1.69. The lowest BCUT2D eigenvalue weighted by atomic mass is 9.95. The molecule has 0 radical (unpaired) electrons. The van der Waals surface area contributed by atoms with E-state index in [1.807, 2.05) is 24.3 Å². The van der Waals surface area contributed by atoms with E-state index in [1.165, 1.54) is 11.1 Å². The third-order valence-corrected chi connectivity index (χ3v) is 3.92. The second kappa shape index (κ2) is 5.08. The number of carbonyl (C=O) groups excluding carboxylic acids is 1. The molecule has 0 bridgehead atoms. The van der Waals surface area contributed by atoms with Crippen molar-refractivity contribution < 1.29 is 14.3 Å². The van der Waals surface area contributed by atoms with E-state index in [-0.39, 0.29) is 11.7 Å². The molecule has 3 rings (SSSR count). The van der Waals surface area contributed by atoms with Crippen LogP contribution in [0.2, 0.25) is 0 Å². The van der Waals surface area contributed by atoms with Crippen LogP contribution in [-0.4, -0.2) is 19.5 Å². The highest BCUT2D eigenvalue weighted by Gasteiger charge is 2.35. The van der Waals surface area contributed by atoms with Gasteiger partial charge in [-0.15, -0.1) is 0 Å². The van der Waals surface area contributed by atoms with Crippen LogP contribution in [0.25, 0.3) is 0 Å². The monoisotopic (exact) mass is 258 g/mol. The summed E-state index contributed by atoms with van der Waals surface area (Å²) in [7, 11) is 1.66. The maximum Gasteiger partial charge on any atom is 0.201 e. The van der Waals surface area contributed by atoms with Crippen molar-refractivity contribution >= 4 is 5.78 Å². The van der Waals surface area contributed by atoms with Gasteiger partial charge in [-0.3, -0.25) is 4.79 Å². The highest BCUT2D eigenvalue weighted by atomic mass is 16.5. The SMILES string of the molecule is COc1ccc(C[C@H]2CC3=C(OCCC3)C2=O)cc1. The van der Waals surface area contributed by atoms with E-state index in [2.05, 4.69) is 0 Å². The number of ketones is 1. The fourth-order valence-corrected chi connectivity index (χ4v) is 2.90. The van der Waals surface area contributed by atoms with Crippen LogP contribution in [0.3, 0.4) is 0 Å². The normalized spacial score (nSPS) is 22.2. The summed E-state index contributed by atoms with van der Waals surface area (Å²) in [5.41, 5.74) is 2.41. The predicted octanol–water partition coefficient (Wildman–Crippen LogP) is 2.89. The molecule has 19 heavy (non-hydrogen) atoms. The summed E-state index contributed by atoms with van der Waals surface area (Å²) in [5.74, 6) is 1.79. The fourth-order valence-electron chi connectivity index (χ4n) is 2.90. The second-order valence-electron chi connectivity index (χ2n) is 5.20. The van der Waals surface area contributed by atoms with Crippen LogP contribution < -0.4 is 4.74 Å². The van der Waals surface area contributed by atoms with Crippen molar-refractivity contribution in [2.75, 3.05) is 13.7 Å². The Bertz CT molecular complexity index is 513. The van der Waals surface area contributed by atoms with Gasteiger partial charge in [0.15, 0.2) is 5.76 Å². The van der Waals surface area contributed by atoms with Crippen LogP contribution in [0.1, 0.15) is 24.8 Å². The minimum Gasteiger partial charge on any atom is -0.497 e. The number of allylic oxidation sites excluding steroid dienone is 2. The number of rotatable bonds is 3. The lowest BCUT2D eigenvalue weighted by Gasteiger charge is -2.13. The van der Waals surface area contributed by atoms with E-state index in [4.69, 9.17) is 9.47 Å². The maximum atomic E-state index is 12.3. The Hall–Kier alpha value is -1.77.